The SMILES string of the molecule is Cc1ccc(S(=O)(=O)NC[C@H](NC(=O)Nc2cccc(C#N)c2)c2ccccc2)c(C)c1. The molecule has 7 nitrogen and oxygen atoms in total. The number of anilines is 1. The first-order chi connectivity index (χ1) is 15.3. The number of aryl methyl sites for hydroxylation is 2. The zero-order chi connectivity index (χ0) is 23.1. The summed E-state index contributed by atoms with van der Waals surface area (Å²) in [5, 5.41) is 14.5. The number of nitrogens with zero attached hydrogens (tertiary/aromatic N) is 1. The van der Waals surface area contributed by atoms with E-state index in [0.29, 0.717) is 16.8 Å². The molecule has 3 aromatic rings. The maximum absolute atomic E-state index is 12.9. The van der Waals surface area contributed by atoms with E-state index in [0.717, 1.165) is 11.1 Å². The predicted octanol–water partition coefficient (Wildman–Crippen LogP) is 4.02. The van der Waals surface area contributed by atoms with Gasteiger partial charge in [0.05, 0.1) is 22.6 Å². The Balaban J connectivity index is 1.76. The highest BCUT2D eigenvalue weighted by Crippen LogP contribution is 2.18. The van der Waals surface area contributed by atoms with E-state index in [1.807, 2.05) is 49.4 Å². The maximum Gasteiger partial charge on any atom is 0.319 e. The Morgan fingerprint density at radius 1 is 1.00 bits per heavy atom. The van der Waals surface area contributed by atoms with E-state index in [4.69, 9.17) is 5.26 Å². The van der Waals surface area contributed by atoms with Gasteiger partial charge in [0.1, 0.15) is 0 Å². The summed E-state index contributed by atoms with van der Waals surface area (Å²) in [4.78, 5) is 12.8. The van der Waals surface area contributed by atoms with E-state index in [-0.39, 0.29) is 11.4 Å². The van der Waals surface area contributed by atoms with Crippen LogP contribution in [0, 0.1) is 25.2 Å². The average molecular weight is 449 g/mol. The molecular weight excluding hydrogens is 424 g/mol. The fourth-order valence-corrected chi connectivity index (χ4v) is 4.57. The monoisotopic (exact) mass is 448 g/mol. The molecule has 8 heteroatoms. The average Bonchev–Trinajstić information content (AvgIpc) is 2.77. The lowest BCUT2D eigenvalue weighted by Crippen LogP contribution is -2.39. The van der Waals surface area contributed by atoms with E-state index in [1.54, 1.807) is 43.3 Å². The first kappa shape index (κ1) is 23.0. The number of nitrogens with one attached hydrogen (secondary N) is 3. The van der Waals surface area contributed by atoms with Crippen LogP contribution in [0.1, 0.15) is 28.3 Å². The van der Waals surface area contributed by atoms with Gasteiger partial charge in [-0.1, -0.05) is 54.1 Å². The van der Waals surface area contributed by atoms with Crippen molar-refractivity contribution in [1.29, 1.82) is 5.26 Å². The van der Waals surface area contributed by atoms with Crippen molar-refractivity contribution < 1.29 is 13.2 Å². The van der Waals surface area contributed by atoms with Crippen LogP contribution in [0.4, 0.5) is 10.5 Å². The van der Waals surface area contributed by atoms with Crippen LogP contribution in [-0.2, 0) is 10.0 Å². The van der Waals surface area contributed by atoms with E-state index >= 15 is 0 Å². The highest BCUT2D eigenvalue weighted by Gasteiger charge is 2.21. The second kappa shape index (κ2) is 10.1. The Bertz CT molecular complexity index is 1250. The Morgan fingerprint density at radius 2 is 1.75 bits per heavy atom. The topological polar surface area (TPSA) is 111 Å². The molecule has 0 heterocycles. The van der Waals surface area contributed by atoms with Gasteiger partial charge in [-0.2, -0.15) is 5.26 Å². The van der Waals surface area contributed by atoms with Crippen molar-refractivity contribution in [2.45, 2.75) is 24.8 Å². The van der Waals surface area contributed by atoms with Crippen molar-refractivity contribution >= 4 is 21.7 Å². The molecule has 0 saturated heterocycles. The van der Waals surface area contributed by atoms with Crippen LogP contribution in [0.5, 0.6) is 0 Å². The van der Waals surface area contributed by atoms with E-state index in [1.165, 1.54) is 0 Å². The number of carbonyl (C=O) groups is 1. The standard InChI is InChI=1S/C24H24N4O3S/c1-17-11-12-23(18(2)13-17)32(30,31)26-16-22(20-8-4-3-5-9-20)28-24(29)27-21-10-6-7-19(14-21)15-25/h3-14,22,26H,16H2,1-2H3,(H2,27,28,29)/t22-/m0/s1. The molecule has 0 spiro atoms. The van der Waals surface area contributed by atoms with E-state index < -0.39 is 22.1 Å². The summed E-state index contributed by atoms with van der Waals surface area (Å²) in [5.74, 6) is 0. The van der Waals surface area contributed by atoms with Gasteiger partial charge in [0.2, 0.25) is 10.0 Å². The molecule has 3 rings (SSSR count). The van der Waals surface area contributed by atoms with Gasteiger partial charge in [0.15, 0.2) is 0 Å². The van der Waals surface area contributed by atoms with Gasteiger partial charge in [-0.25, -0.2) is 17.9 Å². The lowest BCUT2D eigenvalue weighted by atomic mass is 10.1. The molecular formula is C24H24N4O3S. The van der Waals surface area contributed by atoms with Crippen molar-refractivity contribution in [3.8, 4) is 6.07 Å². The summed E-state index contributed by atoms with van der Waals surface area (Å²) < 4.78 is 28.4. The van der Waals surface area contributed by atoms with Crippen LogP contribution in [0.2, 0.25) is 0 Å². The highest BCUT2D eigenvalue weighted by molar-refractivity contribution is 7.89. The number of hydrogen-bond acceptors (Lipinski definition) is 4. The normalized spacial score (nSPS) is 11.9. The number of urea groups is 1. The molecule has 0 unspecified atom stereocenters. The van der Waals surface area contributed by atoms with Crippen LogP contribution in [0.3, 0.4) is 0 Å². The third-order valence-electron chi connectivity index (χ3n) is 4.85. The van der Waals surface area contributed by atoms with Gasteiger partial charge < -0.3 is 10.6 Å². The molecule has 0 aromatic heterocycles. The zero-order valence-corrected chi connectivity index (χ0v) is 18.6. The molecule has 3 N–H and O–H groups in total. The third kappa shape index (κ3) is 5.94. The molecule has 3 aromatic carbocycles. The second-order valence-electron chi connectivity index (χ2n) is 7.38. The van der Waals surface area contributed by atoms with Crippen LogP contribution in [0.15, 0.2) is 77.7 Å². The molecule has 0 aliphatic rings. The van der Waals surface area contributed by atoms with Gasteiger partial charge in [-0.15, -0.1) is 0 Å². The number of nitriles is 1. The molecule has 0 aliphatic carbocycles. The first-order valence-corrected chi connectivity index (χ1v) is 11.5. The van der Waals surface area contributed by atoms with Gasteiger partial charge in [-0.3, -0.25) is 0 Å². The minimum Gasteiger partial charge on any atom is -0.330 e. The largest absolute Gasteiger partial charge is 0.330 e. The number of amides is 2. The number of sulfonamides is 1. The third-order valence-corrected chi connectivity index (χ3v) is 6.44. The molecule has 2 amide bonds. The lowest BCUT2D eigenvalue weighted by Gasteiger charge is -2.21. The Labute approximate surface area is 188 Å². The van der Waals surface area contributed by atoms with Crippen molar-refractivity contribution in [2.75, 3.05) is 11.9 Å². The van der Waals surface area contributed by atoms with Crippen molar-refractivity contribution in [3.05, 3.63) is 95.1 Å². The lowest BCUT2D eigenvalue weighted by molar-refractivity contribution is 0.248. The minimum atomic E-state index is -3.77. The van der Waals surface area contributed by atoms with E-state index in [2.05, 4.69) is 15.4 Å². The van der Waals surface area contributed by atoms with Crippen molar-refractivity contribution in [3.63, 3.8) is 0 Å². The summed E-state index contributed by atoms with van der Waals surface area (Å²) in [5.41, 5.74) is 3.25. The number of rotatable bonds is 7. The number of benzene rings is 3. The molecule has 1 atom stereocenters. The van der Waals surface area contributed by atoms with Gasteiger partial charge >= 0.3 is 6.03 Å². The summed E-state index contributed by atoms with van der Waals surface area (Å²) in [6.45, 7) is 3.61. The predicted molar refractivity (Wildman–Crippen MR) is 124 cm³/mol. The summed E-state index contributed by atoms with van der Waals surface area (Å²) in [7, 11) is -3.77. The first-order valence-electron chi connectivity index (χ1n) is 9.98. The van der Waals surface area contributed by atoms with Gasteiger partial charge in [0, 0.05) is 12.2 Å². The minimum absolute atomic E-state index is 0.0364. The highest BCUT2D eigenvalue weighted by atomic mass is 32.2. The summed E-state index contributed by atoms with van der Waals surface area (Å²) in [6, 6.07) is 21.6. The molecule has 164 valence electrons. The Morgan fingerprint density at radius 3 is 2.44 bits per heavy atom. The van der Waals surface area contributed by atoms with E-state index in [9.17, 15) is 13.2 Å². The van der Waals surface area contributed by atoms with Crippen molar-refractivity contribution in [1.82, 2.24) is 10.0 Å². The summed E-state index contributed by atoms with van der Waals surface area (Å²) in [6.07, 6.45) is 0. The number of carbonyl (C=O) groups excluding carboxylic acids is 1. The molecule has 0 fully saturated rings. The van der Waals surface area contributed by atoms with Crippen LogP contribution >= 0.6 is 0 Å². The fourth-order valence-electron chi connectivity index (χ4n) is 3.30. The second-order valence-corrected chi connectivity index (χ2v) is 9.11. The molecule has 0 aliphatic heterocycles. The maximum atomic E-state index is 12.9. The zero-order valence-electron chi connectivity index (χ0n) is 17.8. The molecule has 32 heavy (non-hydrogen) atoms. The fraction of sp³-hybridized carbons (Fsp3) is 0.167. The summed E-state index contributed by atoms with van der Waals surface area (Å²) >= 11 is 0. The van der Waals surface area contributed by atoms with Crippen LogP contribution in [0.25, 0.3) is 0 Å². The molecule has 0 bridgehead atoms. The Kier molecular flexibility index (Phi) is 7.25. The smallest absolute Gasteiger partial charge is 0.319 e. The van der Waals surface area contributed by atoms with Crippen LogP contribution < -0.4 is 15.4 Å². The van der Waals surface area contributed by atoms with Gasteiger partial charge in [-0.05, 0) is 49.2 Å². The van der Waals surface area contributed by atoms with Crippen LogP contribution in [-0.4, -0.2) is 21.0 Å². The quantitative estimate of drug-likeness (QED) is 0.507. The van der Waals surface area contributed by atoms with Crippen molar-refractivity contribution in [2.24, 2.45) is 0 Å². The Hall–Kier alpha value is -3.67. The molecule has 0 saturated carbocycles. The van der Waals surface area contributed by atoms with Gasteiger partial charge in [0.25, 0.3) is 0 Å². The molecule has 0 radical (unpaired) electrons. The number of hydrogen-bond donors (Lipinski definition) is 3.